The quantitative estimate of drug-likeness (QED) is 0.566. The molecule has 0 spiro atoms. The number of urea groups is 1. The second-order valence-corrected chi connectivity index (χ2v) is 4.69. The molecule has 6 nitrogen and oxygen atoms in total. The van der Waals surface area contributed by atoms with Gasteiger partial charge in [0, 0.05) is 26.1 Å². The van der Waals surface area contributed by atoms with Gasteiger partial charge in [0.15, 0.2) is 0 Å². The van der Waals surface area contributed by atoms with Crippen LogP contribution in [0.2, 0.25) is 0 Å². The summed E-state index contributed by atoms with van der Waals surface area (Å²) in [4.78, 5) is 26.4. The van der Waals surface area contributed by atoms with Gasteiger partial charge in [-0.3, -0.25) is 4.79 Å². The first kappa shape index (κ1) is 18.7. The molecule has 0 unspecified atom stereocenters. The Morgan fingerprint density at radius 1 is 1.00 bits per heavy atom. The molecule has 0 aliphatic rings. The first-order valence-corrected chi connectivity index (χ1v) is 7.52. The zero-order valence-electron chi connectivity index (χ0n) is 13.0. The fraction of sp³-hybridized carbons (Fsp3) is 0.857. The molecule has 0 saturated carbocycles. The maximum absolute atomic E-state index is 11.9. The van der Waals surface area contributed by atoms with Crippen molar-refractivity contribution in [2.75, 3.05) is 39.3 Å². The summed E-state index contributed by atoms with van der Waals surface area (Å²) >= 11 is 0. The molecule has 6 heteroatoms. The number of nitrogens with one attached hydrogen (secondary N) is 1. The van der Waals surface area contributed by atoms with Crippen molar-refractivity contribution in [3.8, 4) is 0 Å². The number of rotatable bonds is 11. The molecule has 0 aromatic rings. The van der Waals surface area contributed by atoms with Crippen LogP contribution in [-0.2, 0) is 4.79 Å². The van der Waals surface area contributed by atoms with Crippen molar-refractivity contribution in [3.63, 3.8) is 0 Å². The summed E-state index contributed by atoms with van der Waals surface area (Å²) in [6.45, 7) is 11.1. The molecule has 0 aromatic carbocycles. The van der Waals surface area contributed by atoms with Crippen molar-refractivity contribution in [3.05, 3.63) is 0 Å². The van der Waals surface area contributed by atoms with Gasteiger partial charge in [-0.15, -0.1) is 0 Å². The van der Waals surface area contributed by atoms with Crippen LogP contribution in [0.15, 0.2) is 0 Å². The van der Waals surface area contributed by atoms with E-state index in [0.29, 0.717) is 19.5 Å². The molecule has 0 aromatic heterocycles. The fourth-order valence-corrected chi connectivity index (χ4v) is 1.98. The number of carboxylic acids is 1. The highest BCUT2D eigenvalue weighted by Gasteiger charge is 2.11. The van der Waals surface area contributed by atoms with Crippen LogP contribution in [0, 0.1) is 0 Å². The van der Waals surface area contributed by atoms with E-state index in [1.54, 1.807) is 4.90 Å². The lowest BCUT2D eigenvalue weighted by Crippen LogP contribution is -2.41. The summed E-state index contributed by atoms with van der Waals surface area (Å²) in [6.07, 6.45) is 1.52. The molecule has 2 amide bonds. The number of hydrogen-bond acceptors (Lipinski definition) is 3. The Morgan fingerprint density at radius 3 is 2.15 bits per heavy atom. The summed E-state index contributed by atoms with van der Waals surface area (Å²) in [5.41, 5.74) is 0. The highest BCUT2D eigenvalue weighted by Crippen LogP contribution is 1.97. The van der Waals surface area contributed by atoms with Gasteiger partial charge in [-0.25, -0.2) is 4.79 Å². The Morgan fingerprint density at radius 2 is 1.65 bits per heavy atom. The minimum Gasteiger partial charge on any atom is -0.481 e. The maximum Gasteiger partial charge on any atom is 0.317 e. The Balaban J connectivity index is 3.87. The third kappa shape index (κ3) is 8.74. The largest absolute Gasteiger partial charge is 0.481 e. The zero-order chi connectivity index (χ0) is 15.4. The summed E-state index contributed by atoms with van der Waals surface area (Å²) < 4.78 is 0. The second-order valence-electron chi connectivity index (χ2n) is 4.69. The second kappa shape index (κ2) is 11.5. The Bertz CT molecular complexity index is 281. The Labute approximate surface area is 122 Å². The van der Waals surface area contributed by atoms with Crippen molar-refractivity contribution < 1.29 is 14.7 Å². The lowest BCUT2D eigenvalue weighted by Gasteiger charge is -2.23. The van der Waals surface area contributed by atoms with Crippen molar-refractivity contribution in [1.82, 2.24) is 15.1 Å². The van der Waals surface area contributed by atoms with Crippen molar-refractivity contribution in [1.29, 1.82) is 0 Å². The lowest BCUT2D eigenvalue weighted by molar-refractivity contribution is -0.137. The van der Waals surface area contributed by atoms with Crippen LogP contribution in [0.1, 0.15) is 40.0 Å². The summed E-state index contributed by atoms with van der Waals surface area (Å²) in [5.74, 6) is -0.828. The molecule has 0 heterocycles. The highest BCUT2D eigenvalue weighted by atomic mass is 16.4. The zero-order valence-corrected chi connectivity index (χ0v) is 13.0. The van der Waals surface area contributed by atoms with E-state index in [2.05, 4.69) is 24.1 Å². The molecule has 118 valence electrons. The highest BCUT2D eigenvalue weighted by molar-refractivity contribution is 5.74. The number of hydrogen-bond donors (Lipinski definition) is 2. The van der Waals surface area contributed by atoms with Crippen LogP contribution in [0.4, 0.5) is 4.79 Å². The fourth-order valence-electron chi connectivity index (χ4n) is 1.98. The van der Waals surface area contributed by atoms with E-state index in [1.807, 2.05) is 6.92 Å². The molecule has 0 aliphatic heterocycles. The topological polar surface area (TPSA) is 72.9 Å². The van der Waals surface area contributed by atoms with E-state index >= 15 is 0 Å². The Hall–Kier alpha value is -1.30. The number of carboxylic acid groups (broad SMARTS) is 1. The van der Waals surface area contributed by atoms with E-state index in [1.165, 1.54) is 0 Å². The molecule has 20 heavy (non-hydrogen) atoms. The first-order chi connectivity index (χ1) is 9.54. The maximum atomic E-state index is 11.9. The minimum atomic E-state index is -0.828. The number of nitrogens with zero attached hydrogens (tertiary/aromatic N) is 2. The average Bonchev–Trinajstić information content (AvgIpc) is 2.43. The van der Waals surface area contributed by atoms with Crippen LogP contribution in [0.25, 0.3) is 0 Å². The number of carbonyl (C=O) groups is 2. The van der Waals surface area contributed by atoms with Crippen LogP contribution in [0.3, 0.4) is 0 Å². The van der Waals surface area contributed by atoms with Gasteiger partial charge >= 0.3 is 12.0 Å². The first-order valence-electron chi connectivity index (χ1n) is 7.52. The van der Waals surface area contributed by atoms with Crippen LogP contribution >= 0.6 is 0 Å². The lowest BCUT2D eigenvalue weighted by atomic mass is 10.3. The molecule has 0 aliphatic carbocycles. The predicted octanol–water partition coefficient (Wildman–Crippen LogP) is 1.61. The number of carbonyl (C=O) groups excluding carboxylic acids is 1. The normalized spacial score (nSPS) is 10.6. The molecule has 0 rings (SSSR count). The van der Waals surface area contributed by atoms with Gasteiger partial charge in [0.1, 0.15) is 0 Å². The third-order valence-corrected chi connectivity index (χ3v) is 3.31. The minimum absolute atomic E-state index is 0.0916. The number of amides is 2. The molecule has 0 saturated heterocycles. The number of aliphatic carboxylic acids is 1. The molecule has 0 fully saturated rings. The van der Waals surface area contributed by atoms with E-state index in [4.69, 9.17) is 5.11 Å². The van der Waals surface area contributed by atoms with Crippen molar-refractivity contribution in [2.24, 2.45) is 0 Å². The van der Waals surface area contributed by atoms with E-state index in [9.17, 15) is 9.59 Å². The van der Waals surface area contributed by atoms with Gasteiger partial charge in [0.05, 0.1) is 0 Å². The van der Waals surface area contributed by atoms with E-state index in [-0.39, 0.29) is 12.5 Å². The molecular formula is C14H29N3O3. The summed E-state index contributed by atoms with van der Waals surface area (Å²) in [6, 6.07) is -0.0996. The van der Waals surface area contributed by atoms with Gasteiger partial charge in [0.25, 0.3) is 0 Å². The van der Waals surface area contributed by atoms with Gasteiger partial charge in [0.2, 0.25) is 0 Å². The molecule has 2 N–H and O–H groups in total. The van der Waals surface area contributed by atoms with Gasteiger partial charge in [-0.1, -0.05) is 13.8 Å². The predicted molar refractivity (Wildman–Crippen MR) is 79.9 cm³/mol. The van der Waals surface area contributed by atoms with Gasteiger partial charge in [-0.05, 0) is 39.4 Å². The van der Waals surface area contributed by atoms with Gasteiger partial charge < -0.3 is 20.2 Å². The van der Waals surface area contributed by atoms with Crippen molar-refractivity contribution >= 4 is 12.0 Å². The molecule has 0 radical (unpaired) electrons. The average molecular weight is 287 g/mol. The van der Waals surface area contributed by atoms with Crippen LogP contribution in [0.5, 0.6) is 0 Å². The molecule has 0 bridgehead atoms. The summed E-state index contributed by atoms with van der Waals surface area (Å²) in [7, 11) is 0. The van der Waals surface area contributed by atoms with Gasteiger partial charge in [-0.2, -0.15) is 0 Å². The monoisotopic (exact) mass is 287 g/mol. The molecular weight excluding hydrogens is 258 g/mol. The summed E-state index contributed by atoms with van der Waals surface area (Å²) in [5, 5.41) is 11.3. The Kier molecular flexibility index (Phi) is 10.8. The SMILES string of the molecule is CCN(CC)CCCN(CC)C(=O)NCCCC(=O)O. The van der Waals surface area contributed by atoms with Crippen molar-refractivity contribution in [2.45, 2.75) is 40.0 Å². The van der Waals surface area contributed by atoms with Crippen LogP contribution < -0.4 is 5.32 Å². The third-order valence-electron chi connectivity index (χ3n) is 3.31. The molecule has 0 atom stereocenters. The van der Waals surface area contributed by atoms with Crippen LogP contribution in [-0.4, -0.2) is 66.2 Å². The smallest absolute Gasteiger partial charge is 0.317 e. The standard InChI is InChI=1S/C14H29N3O3/c1-4-16(5-2)11-8-12-17(6-3)14(20)15-10-7-9-13(18)19/h4-12H2,1-3H3,(H,15,20)(H,18,19). The van der Waals surface area contributed by atoms with E-state index < -0.39 is 5.97 Å². The van der Waals surface area contributed by atoms with E-state index in [0.717, 1.165) is 32.6 Å².